The van der Waals surface area contributed by atoms with Crippen LogP contribution in [-0.2, 0) is 9.53 Å². The third kappa shape index (κ3) is 4.20. The van der Waals surface area contributed by atoms with E-state index in [2.05, 4.69) is 33.9 Å². The molecule has 0 aromatic carbocycles. The summed E-state index contributed by atoms with van der Waals surface area (Å²) < 4.78 is 5.49. The summed E-state index contributed by atoms with van der Waals surface area (Å²) in [7, 11) is 0. The minimum atomic E-state index is -0.548. The van der Waals surface area contributed by atoms with Crippen LogP contribution in [-0.4, -0.2) is 11.6 Å². The van der Waals surface area contributed by atoms with Gasteiger partial charge in [0.15, 0.2) is 0 Å². The van der Waals surface area contributed by atoms with E-state index in [4.69, 9.17) is 4.74 Å². The minimum absolute atomic E-state index is 0.231. The molecule has 0 saturated heterocycles. The first-order chi connectivity index (χ1) is 11.5. The molecule has 2 heteroatoms. The maximum atomic E-state index is 11.4. The Morgan fingerprint density at radius 1 is 1.36 bits per heavy atom. The molecule has 0 aliphatic heterocycles. The molecule has 2 rings (SSSR count). The number of hydrogen-bond acceptors (Lipinski definition) is 2. The summed E-state index contributed by atoms with van der Waals surface area (Å²) in [5.41, 5.74) is 1.72. The van der Waals surface area contributed by atoms with Crippen LogP contribution < -0.4 is 0 Å². The van der Waals surface area contributed by atoms with E-state index in [1.54, 1.807) is 6.08 Å². The van der Waals surface area contributed by atoms with Crippen molar-refractivity contribution in [3.8, 4) is 0 Å². The molecule has 0 aromatic rings. The average Bonchev–Trinajstić information content (AvgIpc) is 2.48. The van der Waals surface area contributed by atoms with Gasteiger partial charge in [0.2, 0.25) is 0 Å². The molecule has 0 spiro atoms. The van der Waals surface area contributed by atoms with Crippen LogP contribution in [0.25, 0.3) is 0 Å². The van der Waals surface area contributed by atoms with Crippen LogP contribution in [0.4, 0.5) is 0 Å². The summed E-state index contributed by atoms with van der Waals surface area (Å²) in [6, 6.07) is 0. The topological polar surface area (TPSA) is 26.3 Å². The molecule has 0 bridgehead atoms. The van der Waals surface area contributed by atoms with Gasteiger partial charge in [0.25, 0.3) is 0 Å². The highest BCUT2D eigenvalue weighted by Crippen LogP contribution is 2.61. The molecule has 2 aliphatic carbocycles. The van der Waals surface area contributed by atoms with Gasteiger partial charge in [-0.3, -0.25) is 4.79 Å². The number of allylic oxidation sites excluding steroid dienone is 1. The van der Waals surface area contributed by atoms with Crippen molar-refractivity contribution in [2.45, 2.75) is 91.6 Å². The lowest BCUT2D eigenvalue weighted by molar-refractivity contribution is -0.151. The summed E-state index contributed by atoms with van der Waals surface area (Å²) in [6.07, 6.45) is 11.3. The molecular weight excluding hydrogens is 308 g/mol. The zero-order chi connectivity index (χ0) is 18.9. The van der Waals surface area contributed by atoms with Crippen LogP contribution in [0.2, 0.25) is 0 Å². The number of carbonyl (C=O) groups excluding carboxylic acids is 1. The maximum Gasteiger partial charge on any atom is 0.303 e. The molecule has 2 aliphatic rings. The van der Waals surface area contributed by atoms with Gasteiger partial charge in [0.1, 0.15) is 5.60 Å². The van der Waals surface area contributed by atoms with E-state index in [0.29, 0.717) is 16.7 Å². The van der Waals surface area contributed by atoms with Crippen molar-refractivity contribution in [1.29, 1.82) is 0 Å². The van der Waals surface area contributed by atoms with Crippen molar-refractivity contribution in [3.05, 3.63) is 24.8 Å². The first-order valence-corrected chi connectivity index (χ1v) is 10.0. The van der Waals surface area contributed by atoms with Crippen LogP contribution in [0.15, 0.2) is 24.8 Å². The molecule has 2 fully saturated rings. The van der Waals surface area contributed by atoms with Gasteiger partial charge in [0, 0.05) is 6.92 Å². The van der Waals surface area contributed by atoms with Gasteiger partial charge >= 0.3 is 5.97 Å². The number of hydrogen-bond donors (Lipinski definition) is 0. The normalized spacial score (nSPS) is 33.9. The summed E-state index contributed by atoms with van der Waals surface area (Å²) in [5, 5.41) is 0. The van der Waals surface area contributed by atoms with Crippen LogP contribution in [0, 0.1) is 22.7 Å². The Morgan fingerprint density at radius 3 is 2.64 bits per heavy atom. The highest BCUT2D eigenvalue weighted by molar-refractivity contribution is 5.66. The lowest BCUT2D eigenvalue weighted by atomic mass is 9.47. The molecule has 0 N–H and O–H groups in total. The summed E-state index contributed by atoms with van der Waals surface area (Å²) in [5.74, 6) is 1.16. The second-order valence-electron chi connectivity index (χ2n) is 9.65. The Labute approximate surface area is 155 Å². The van der Waals surface area contributed by atoms with E-state index in [0.717, 1.165) is 25.2 Å². The SMILES string of the molecule is C=CC(C)(CCC[C@H]1C(=C)CC[C@H]2C(C)(C)CCC[C@]12C)OC(C)=O. The monoisotopic (exact) mass is 346 g/mol. The van der Waals surface area contributed by atoms with Gasteiger partial charge in [0.05, 0.1) is 0 Å². The lowest BCUT2D eigenvalue weighted by Crippen LogP contribution is -2.49. The van der Waals surface area contributed by atoms with Gasteiger partial charge < -0.3 is 4.74 Å². The first-order valence-electron chi connectivity index (χ1n) is 10.0. The standard InChI is InChI=1S/C23H38O2/c1-8-22(6,25-18(3)24)15-9-11-19-17(2)12-13-20-21(4,5)14-10-16-23(19,20)7/h8,19-20H,1-2,9-16H2,3-7H3/t19-,20-,22?,23+/m0/s1. The highest BCUT2D eigenvalue weighted by atomic mass is 16.6. The predicted octanol–water partition coefficient (Wildman–Crippen LogP) is 6.46. The number of carbonyl (C=O) groups is 1. The van der Waals surface area contributed by atoms with Crippen molar-refractivity contribution >= 4 is 5.97 Å². The van der Waals surface area contributed by atoms with Crippen molar-refractivity contribution in [1.82, 2.24) is 0 Å². The zero-order valence-electron chi connectivity index (χ0n) is 17.1. The zero-order valence-corrected chi connectivity index (χ0v) is 17.1. The molecule has 0 amide bonds. The van der Waals surface area contributed by atoms with Crippen molar-refractivity contribution in [2.75, 3.05) is 0 Å². The number of ether oxygens (including phenoxy) is 1. The Morgan fingerprint density at radius 2 is 2.04 bits per heavy atom. The lowest BCUT2D eigenvalue weighted by Gasteiger charge is -2.58. The second kappa shape index (κ2) is 7.29. The maximum absolute atomic E-state index is 11.4. The van der Waals surface area contributed by atoms with Gasteiger partial charge in [-0.25, -0.2) is 0 Å². The molecule has 0 radical (unpaired) electrons. The van der Waals surface area contributed by atoms with Gasteiger partial charge in [-0.2, -0.15) is 0 Å². The van der Waals surface area contributed by atoms with Crippen LogP contribution in [0.3, 0.4) is 0 Å². The quantitative estimate of drug-likeness (QED) is 0.407. The Bertz CT molecular complexity index is 532. The Hall–Kier alpha value is -1.05. The smallest absolute Gasteiger partial charge is 0.303 e. The fourth-order valence-electron chi connectivity index (χ4n) is 5.99. The molecule has 1 unspecified atom stereocenters. The van der Waals surface area contributed by atoms with Crippen LogP contribution in [0.1, 0.15) is 86.0 Å². The summed E-state index contributed by atoms with van der Waals surface area (Å²) in [4.78, 5) is 11.4. The number of rotatable bonds is 6. The summed E-state index contributed by atoms with van der Waals surface area (Å²) >= 11 is 0. The fraction of sp³-hybridized carbons (Fsp3) is 0.783. The van der Waals surface area contributed by atoms with Crippen LogP contribution in [0.5, 0.6) is 0 Å². The fourth-order valence-corrected chi connectivity index (χ4v) is 5.99. The Kier molecular flexibility index (Phi) is 5.91. The molecule has 0 heterocycles. The molecular formula is C23H38O2. The van der Waals surface area contributed by atoms with Crippen molar-refractivity contribution < 1.29 is 9.53 Å². The molecule has 0 aromatic heterocycles. The van der Waals surface area contributed by atoms with E-state index in [9.17, 15) is 4.79 Å². The molecule has 25 heavy (non-hydrogen) atoms. The highest BCUT2D eigenvalue weighted by Gasteiger charge is 2.52. The molecule has 2 saturated carbocycles. The average molecular weight is 347 g/mol. The first kappa shape index (κ1) is 20.3. The van der Waals surface area contributed by atoms with Crippen molar-refractivity contribution in [2.24, 2.45) is 22.7 Å². The molecule has 4 atom stereocenters. The van der Waals surface area contributed by atoms with E-state index in [-0.39, 0.29) is 5.97 Å². The molecule has 142 valence electrons. The van der Waals surface area contributed by atoms with E-state index < -0.39 is 5.60 Å². The minimum Gasteiger partial charge on any atom is -0.455 e. The van der Waals surface area contributed by atoms with Crippen LogP contribution >= 0.6 is 0 Å². The van der Waals surface area contributed by atoms with E-state index in [1.807, 2.05) is 6.92 Å². The predicted molar refractivity (Wildman–Crippen MR) is 105 cm³/mol. The van der Waals surface area contributed by atoms with Crippen molar-refractivity contribution in [3.63, 3.8) is 0 Å². The second-order valence-corrected chi connectivity index (χ2v) is 9.65. The van der Waals surface area contributed by atoms with E-state index >= 15 is 0 Å². The number of fused-ring (bicyclic) bond motifs is 1. The number of esters is 1. The summed E-state index contributed by atoms with van der Waals surface area (Å²) in [6.45, 7) is 19.2. The Balaban J connectivity index is 2.08. The van der Waals surface area contributed by atoms with Gasteiger partial charge in [-0.05, 0) is 80.6 Å². The third-order valence-electron chi connectivity index (χ3n) is 7.29. The third-order valence-corrected chi connectivity index (χ3v) is 7.29. The molecule has 2 nitrogen and oxygen atoms in total. The van der Waals surface area contributed by atoms with E-state index in [1.165, 1.54) is 44.6 Å². The van der Waals surface area contributed by atoms with Gasteiger partial charge in [-0.1, -0.05) is 45.9 Å². The van der Waals surface area contributed by atoms with Gasteiger partial charge in [-0.15, -0.1) is 0 Å². The largest absolute Gasteiger partial charge is 0.455 e.